The molecule has 0 aromatic heterocycles. The van der Waals surface area contributed by atoms with E-state index in [4.69, 9.17) is 0 Å². The predicted octanol–water partition coefficient (Wildman–Crippen LogP) is 2.62. The van der Waals surface area contributed by atoms with Crippen molar-refractivity contribution >= 4 is 11.7 Å². The Labute approximate surface area is 120 Å². The van der Waals surface area contributed by atoms with Gasteiger partial charge in [-0.2, -0.15) is 0 Å². The van der Waals surface area contributed by atoms with Gasteiger partial charge in [-0.15, -0.1) is 0 Å². The fourth-order valence-electron chi connectivity index (χ4n) is 3.19. The first-order chi connectivity index (χ1) is 9.65. The molecule has 1 amide bonds. The minimum atomic E-state index is -0.339. The van der Waals surface area contributed by atoms with E-state index < -0.39 is 0 Å². The van der Waals surface area contributed by atoms with E-state index in [2.05, 4.69) is 6.92 Å². The largest absolute Gasteiger partial charge is 0.336 e. The van der Waals surface area contributed by atoms with Gasteiger partial charge in [-0.25, -0.2) is 0 Å². The number of piperidine rings is 1. The Morgan fingerprint density at radius 3 is 2.55 bits per heavy atom. The van der Waals surface area contributed by atoms with Crippen LogP contribution in [0, 0.1) is 5.92 Å². The number of Topliss-reactive ketones (excluding diaryl/α,β-unsaturated/α-hetero) is 1. The molecule has 0 unspecified atom stereocenters. The highest BCUT2D eigenvalue weighted by Gasteiger charge is 2.27. The smallest absolute Gasteiger partial charge is 0.294 e. The van der Waals surface area contributed by atoms with Gasteiger partial charge in [-0.1, -0.05) is 19.1 Å². The average Bonchev–Trinajstić information content (AvgIpc) is 2.94. The number of fused-ring (bicyclic) bond motifs is 1. The summed E-state index contributed by atoms with van der Waals surface area (Å²) in [4.78, 5) is 26.3. The van der Waals surface area contributed by atoms with Crippen LogP contribution in [0.4, 0.5) is 0 Å². The molecule has 0 saturated carbocycles. The summed E-state index contributed by atoms with van der Waals surface area (Å²) in [5.74, 6) is -0.00162. The van der Waals surface area contributed by atoms with E-state index in [9.17, 15) is 9.59 Å². The van der Waals surface area contributed by atoms with Gasteiger partial charge in [0.25, 0.3) is 5.91 Å². The van der Waals surface area contributed by atoms with E-state index in [1.54, 1.807) is 4.90 Å². The lowest BCUT2D eigenvalue weighted by molar-refractivity contribution is -0.127. The van der Waals surface area contributed by atoms with Crippen LogP contribution in [0.1, 0.15) is 47.7 Å². The van der Waals surface area contributed by atoms with Crippen LogP contribution in [0.3, 0.4) is 0 Å². The Hall–Kier alpha value is -1.64. The van der Waals surface area contributed by atoms with Crippen molar-refractivity contribution in [1.29, 1.82) is 0 Å². The first-order valence-corrected chi connectivity index (χ1v) is 7.60. The second kappa shape index (κ2) is 5.39. The van der Waals surface area contributed by atoms with Crippen molar-refractivity contribution in [3.8, 4) is 0 Å². The number of carbonyl (C=O) groups is 2. The predicted molar refractivity (Wildman–Crippen MR) is 77.8 cm³/mol. The van der Waals surface area contributed by atoms with Crippen LogP contribution in [-0.4, -0.2) is 29.7 Å². The molecule has 1 aliphatic heterocycles. The molecular weight excluding hydrogens is 250 g/mol. The molecule has 1 saturated heterocycles. The number of rotatable bonds is 2. The van der Waals surface area contributed by atoms with Gasteiger partial charge in [0.2, 0.25) is 5.78 Å². The maximum absolute atomic E-state index is 12.3. The van der Waals surface area contributed by atoms with E-state index in [0.717, 1.165) is 45.2 Å². The second-order valence-corrected chi connectivity index (χ2v) is 6.14. The second-order valence-electron chi connectivity index (χ2n) is 6.14. The molecule has 20 heavy (non-hydrogen) atoms. The van der Waals surface area contributed by atoms with Crippen LogP contribution in [0.2, 0.25) is 0 Å². The lowest BCUT2D eigenvalue weighted by Gasteiger charge is -2.29. The quantitative estimate of drug-likeness (QED) is 0.612. The summed E-state index contributed by atoms with van der Waals surface area (Å²) in [6.07, 6.45) is 5.30. The van der Waals surface area contributed by atoms with Gasteiger partial charge in [0, 0.05) is 18.7 Å². The highest BCUT2D eigenvalue weighted by Crippen LogP contribution is 2.23. The van der Waals surface area contributed by atoms with Gasteiger partial charge in [0.05, 0.1) is 0 Å². The molecule has 3 rings (SSSR count). The monoisotopic (exact) mass is 271 g/mol. The summed E-state index contributed by atoms with van der Waals surface area (Å²) in [7, 11) is 0. The molecular formula is C17H21NO2. The topological polar surface area (TPSA) is 37.4 Å². The summed E-state index contributed by atoms with van der Waals surface area (Å²) >= 11 is 0. The lowest BCUT2D eigenvalue weighted by Crippen LogP contribution is -2.41. The van der Waals surface area contributed by atoms with Crippen LogP contribution >= 0.6 is 0 Å². The number of hydrogen-bond acceptors (Lipinski definition) is 2. The van der Waals surface area contributed by atoms with Crippen molar-refractivity contribution in [1.82, 2.24) is 4.90 Å². The van der Waals surface area contributed by atoms with E-state index >= 15 is 0 Å². The Morgan fingerprint density at radius 1 is 1.10 bits per heavy atom. The Bertz CT molecular complexity index is 542. The molecule has 3 nitrogen and oxygen atoms in total. The van der Waals surface area contributed by atoms with Crippen LogP contribution in [0.15, 0.2) is 18.2 Å². The summed E-state index contributed by atoms with van der Waals surface area (Å²) in [6.45, 7) is 3.64. The summed E-state index contributed by atoms with van der Waals surface area (Å²) < 4.78 is 0. The molecule has 0 atom stereocenters. The SMILES string of the molecule is CC1CCN(C(=O)C(=O)c2ccc3c(c2)CCC3)CC1. The average molecular weight is 271 g/mol. The van der Waals surface area contributed by atoms with Crippen LogP contribution in [-0.2, 0) is 17.6 Å². The minimum absolute atomic E-state index is 0.324. The molecule has 0 bridgehead atoms. The number of nitrogens with zero attached hydrogens (tertiary/aromatic N) is 1. The van der Waals surface area contributed by atoms with Crippen molar-refractivity contribution in [3.05, 3.63) is 34.9 Å². The third-order valence-corrected chi connectivity index (χ3v) is 4.63. The Balaban J connectivity index is 1.73. The zero-order valence-corrected chi connectivity index (χ0v) is 12.0. The van der Waals surface area contributed by atoms with Gasteiger partial charge in [0.15, 0.2) is 0 Å². The number of ketones is 1. The van der Waals surface area contributed by atoms with Crippen LogP contribution in [0.25, 0.3) is 0 Å². The first-order valence-electron chi connectivity index (χ1n) is 7.60. The van der Waals surface area contributed by atoms with Gasteiger partial charge in [-0.05, 0) is 55.2 Å². The Morgan fingerprint density at radius 2 is 1.80 bits per heavy atom. The van der Waals surface area contributed by atoms with Crippen molar-refractivity contribution in [3.63, 3.8) is 0 Å². The van der Waals surface area contributed by atoms with Gasteiger partial charge in [0.1, 0.15) is 0 Å². The molecule has 0 radical (unpaired) electrons. The summed E-state index contributed by atoms with van der Waals surface area (Å²) in [5.41, 5.74) is 3.14. The van der Waals surface area contributed by atoms with Crippen molar-refractivity contribution in [2.24, 2.45) is 5.92 Å². The maximum Gasteiger partial charge on any atom is 0.294 e. The van der Waals surface area contributed by atoms with E-state index in [1.807, 2.05) is 18.2 Å². The number of carbonyl (C=O) groups excluding carboxylic acids is 2. The third-order valence-electron chi connectivity index (χ3n) is 4.63. The molecule has 1 fully saturated rings. The number of benzene rings is 1. The Kier molecular flexibility index (Phi) is 3.60. The van der Waals surface area contributed by atoms with E-state index in [0.29, 0.717) is 11.5 Å². The zero-order valence-electron chi connectivity index (χ0n) is 12.0. The molecule has 106 valence electrons. The fraction of sp³-hybridized carbons (Fsp3) is 0.529. The third kappa shape index (κ3) is 2.49. The highest BCUT2D eigenvalue weighted by molar-refractivity contribution is 6.42. The maximum atomic E-state index is 12.3. The molecule has 3 heteroatoms. The van der Waals surface area contributed by atoms with Crippen molar-refractivity contribution in [2.75, 3.05) is 13.1 Å². The number of aryl methyl sites for hydroxylation is 2. The van der Waals surface area contributed by atoms with Gasteiger partial charge < -0.3 is 4.90 Å². The lowest BCUT2D eigenvalue weighted by atomic mass is 9.98. The number of likely N-dealkylation sites (tertiary alicyclic amines) is 1. The zero-order chi connectivity index (χ0) is 14.1. The van der Waals surface area contributed by atoms with E-state index in [-0.39, 0.29) is 11.7 Å². The van der Waals surface area contributed by atoms with E-state index in [1.165, 1.54) is 11.1 Å². The standard InChI is InChI=1S/C17H21NO2/c1-12-7-9-18(10-8-12)17(20)16(19)15-6-5-13-3-2-4-14(13)11-15/h5-6,11-12H,2-4,7-10H2,1H3. The number of hydrogen-bond donors (Lipinski definition) is 0. The van der Waals surface area contributed by atoms with Crippen molar-refractivity contribution < 1.29 is 9.59 Å². The van der Waals surface area contributed by atoms with Crippen LogP contribution in [0.5, 0.6) is 0 Å². The molecule has 1 aliphatic carbocycles. The molecule has 1 aromatic carbocycles. The number of amides is 1. The summed E-state index contributed by atoms with van der Waals surface area (Å²) in [6, 6.07) is 5.76. The van der Waals surface area contributed by atoms with Crippen molar-refractivity contribution in [2.45, 2.75) is 39.0 Å². The molecule has 0 N–H and O–H groups in total. The minimum Gasteiger partial charge on any atom is -0.336 e. The first kappa shape index (κ1) is 13.3. The molecule has 2 aliphatic rings. The molecule has 1 heterocycles. The van der Waals surface area contributed by atoms with Gasteiger partial charge >= 0.3 is 0 Å². The fourth-order valence-corrected chi connectivity index (χ4v) is 3.19. The van der Waals surface area contributed by atoms with Crippen LogP contribution < -0.4 is 0 Å². The molecule has 0 spiro atoms. The summed E-state index contributed by atoms with van der Waals surface area (Å²) in [5, 5.41) is 0. The highest BCUT2D eigenvalue weighted by atomic mass is 16.2. The normalized spacial score (nSPS) is 18.9. The van der Waals surface area contributed by atoms with Gasteiger partial charge in [-0.3, -0.25) is 9.59 Å². The molecule has 1 aromatic rings.